The Morgan fingerprint density at radius 2 is 1.67 bits per heavy atom. The number of halogens is 1. The van der Waals surface area contributed by atoms with Crippen molar-refractivity contribution in [2.75, 3.05) is 5.75 Å². The van der Waals surface area contributed by atoms with E-state index in [1.54, 1.807) is 0 Å². The summed E-state index contributed by atoms with van der Waals surface area (Å²) in [5.41, 5.74) is 1.55. The van der Waals surface area contributed by atoms with Crippen LogP contribution in [0.1, 0.15) is 28.8 Å². The van der Waals surface area contributed by atoms with Gasteiger partial charge in [-0.15, -0.1) is 0 Å². The van der Waals surface area contributed by atoms with Crippen LogP contribution in [0, 0.1) is 5.82 Å². The highest BCUT2D eigenvalue weighted by molar-refractivity contribution is 7.84. The van der Waals surface area contributed by atoms with E-state index in [1.807, 2.05) is 30.3 Å². The SMILES string of the molecule is O=C(CCCS(=O)Cc1ccccc1)c1ccc(F)cc1. The second kappa shape index (κ2) is 7.84. The first-order valence-corrected chi connectivity index (χ1v) is 8.31. The fourth-order valence-electron chi connectivity index (χ4n) is 2.01. The maximum atomic E-state index is 12.8. The van der Waals surface area contributed by atoms with Crippen molar-refractivity contribution in [2.24, 2.45) is 0 Å². The molecule has 1 atom stereocenters. The van der Waals surface area contributed by atoms with Crippen LogP contribution in [-0.4, -0.2) is 15.7 Å². The lowest BCUT2D eigenvalue weighted by Crippen LogP contribution is -2.05. The number of rotatable bonds is 7. The molecule has 110 valence electrons. The van der Waals surface area contributed by atoms with E-state index in [0.29, 0.717) is 29.9 Å². The Morgan fingerprint density at radius 1 is 1.00 bits per heavy atom. The molecule has 0 aliphatic carbocycles. The molecule has 0 N–H and O–H groups in total. The van der Waals surface area contributed by atoms with Crippen LogP contribution in [0.5, 0.6) is 0 Å². The van der Waals surface area contributed by atoms with Gasteiger partial charge in [-0.3, -0.25) is 9.00 Å². The molecule has 4 heteroatoms. The van der Waals surface area contributed by atoms with Crippen molar-refractivity contribution in [1.29, 1.82) is 0 Å². The van der Waals surface area contributed by atoms with Gasteiger partial charge in [-0.1, -0.05) is 30.3 Å². The maximum Gasteiger partial charge on any atom is 0.162 e. The van der Waals surface area contributed by atoms with Crippen molar-refractivity contribution >= 4 is 16.6 Å². The molecular weight excluding hydrogens is 287 g/mol. The summed E-state index contributed by atoms with van der Waals surface area (Å²) < 4.78 is 24.7. The van der Waals surface area contributed by atoms with Gasteiger partial charge >= 0.3 is 0 Å². The van der Waals surface area contributed by atoms with Gasteiger partial charge in [0.1, 0.15) is 5.82 Å². The van der Waals surface area contributed by atoms with Crippen molar-refractivity contribution in [3.05, 3.63) is 71.5 Å². The van der Waals surface area contributed by atoms with Crippen LogP contribution in [0.25, 0.3) is 0 Å². The number of hydrogen-bond acceptors (Lipinski definition) is 2. The van der Waals surface area contributed by atoms with Crippen molar-refractivity contribution < 1.29 is 13.4 Å². The molecule has 0 aliphatic heterocycles. The number of ketones is 1. The Bertz CT molecular complexity index is 608. The van der Waals surface area contributed by atoms with Crippen LogP contribution >= 0.6 is 0 Å². The van der Waals surface area contributed by atoms with Crippen molar-refractivity contribution in [3.8, 4) is 0 Å². The molecule has 2 aromatic carbocycles. The lowest BCUT2D eigenvalue weighted by Gasteiger charge is -2.03. The Hall–Kier alpha value is -1.81. The fraction of sp³-hybridized carbons (Fsp3) is 0.235. The highest BCUT2D eigenvalue weighted by Gasteiger charge is 2.07. The minimum Gasteiger partial charge on any atom is -0.294 e. The molecule has 2 rings (SSSR count). The smallest absolute Gasteiger partial charge is 0.162 e. The molecule has 0 radical (unpaired) electrons. The van der Waals surface area contributed by atoms with E-state index in [2.05, 4.69) is 0 Å². The van der Waals surface area contributed by atoms with Gasteiger partial charge in [-0.25, -0.2) is 4.39 Å². The topological polar surface area (TPSA) is 34.1 Å². The van der Waals surface area contributed by atoms with Crippen LogP contribution < -0.4 is 0 Å². The number of hydrogen-bond donors (Lipinski definition) is 0. The summed E-state index contributed by atoms with van der Waals surface area (Å²) in [7, 11) is -0.960. The summed E-state index contributed by atoms with van der Waals surface area (Å²) in [6.07, 6.45) is 0.918. The Labute approximate surface area is 126 Å². The normalized spacial score (nSPS) is 12.0. The van der Waals surface area contributed by atoms with Crippen molar-refractivity contribution in [1.82, 2.24) is 0 Å². The van der Waals surface area contributed by atoms with Crippen molar-refractivity contribution in [3.63, 3.8) is 0 Å². The Balaban J connectivity index is 1.75. The lowest BCUT2D eigenvalue weighted by atomic mass is 10.1. The molecule has 2 nitrogen and oxygen atoms in total. The van der Waals surface area contributed by atoms with Crippen LogP contribution in [0.2, 0.25) is 0 Å². The van der Waals surface area contributed by atoms with E-state index in [1.165, 1.54) is 24.3 Å². The van der Waals surface area contributed by atoms with Gasteiger partial charge in [-0.05, 0) is 36.2 Å². The lowest BCUT2D eigenvalue weighted by molar-refractivity contribution is 0.0982. The number of carbonyl (C=O) groups excluding carboxylic acids is 1. The quantitative estimate of drug-likeness (QED) is 0.730. The van der Waals surface area contributed by atoms with Gasteiger partial charge in [0.15, 0.2) is 5.78 Å². The third kappa shape index (κ3) is 5.23. The third-order valence-corrected chi connectivity index (χ3v) is 4.51. The van der Waals surface area contributed by atoms with E-state index in [9.17, 15) is 13.4 Å². The Kier molecular flexibility index (Phi) is 5.81. The molecule has 0 amide bonds. The highest BCUT2D eigenvalue weighted by atomic mass is 32.2. The van der Waals surface area contributed by atoms with Gasteiger partial charge in [0.25, 0.3) is 0 Å². The molecule has 2 aromatic rings. The third-order valence-electron chi connectivity index (χ3n) is 3.11. The van der Waals surface area contributed by atoms with Crippen molar-refractivity contribution in [2.45, 2.75) is 18.6 Å². The second-order valence-electron chi connectivity index (χ2n) is 4.81. The molecule has 0 saturated heterocycles. The average molecular weight is 304 g/mol. The zero-order valence-corrected chi connectivity index (χ0v) is 12.4. The zero-order valence-electron chi connectivity index (χ0n) is 11.6. The second-order valence-corrected chi connectivity index (χ2v) is 6.38. The molecule has 0 saturated carbocycles. The van der Waals surface area contributed by atoms with E-state index in [-0.39, 0.29) is 11.6 Å². The summed E-state index contributed by atoms with van der Waals surface area (Å²) in [5.74, 6) is 0.634. The monoisotopic (exact) mass is 304 g/mol. The summed E-state index contributed by atoms with van der Waals surface area (Å²) >= 11 is 0. The zero-order chi connectivity index (χ0) is 15.1. The number of Topliss-reactive ketones (excluding diaryl/α,β-unsaturated/α-hetero) is 1. The molecule has 1 unspecified atom stereocenters. The predicted octanol–water partition coefficient (Wildman–Crippen LogP) is 3.74. The first-order chi connectivity index (χ1) is 10.1. The molecule has 0 fully saturated rings. The maximum absolute atomic E-state index is 12.8. The van der Waals surface area contributed by atoms with Crippen LogP contribution in [0.4, 0.5) is 4.39 Å². The molecule has 0 aromatic heterocycles. The van der Waals surface area contributed by atoms with E-state index in [0.717, 1.165) is 5.56 Å². The Morgan fingerprint density at radius 3 is 2.33 bits per heavy atom. The van der Waals surface area contributed by atoms with E-state index >= 15 is 0 Å². The minimum absolute atomic E-state index is 0.0355. The van der Waals surface area contributed by atoms with Gasteiger partial charge in [0.05, 0.1) is 0 Å². The summed E-state index contributed by atoms with van der Waals surface area (Å²) in [6, 6.07) is 15.2. The predicted molar refractivity (Wildman–Crippen MR) is 83.1 cm³/mol. The largest absolute Gasteiger partial charge is 0.294 e. The van der Waals surface area contributed by atoms with E-state index in [4.69, 9.17) is 0 Å². The molecule has 0 spiro atoms. The summed E-state index contributed by atoms with van der Waals surface area (Å²) in [6.45, 7) is 0. The fourth-order valence-corrected chi connectivity index (χ4v) is 3.18. The average Bonchev–Trinajstić information content (AvgIpc) is 2.49. The number of carbonyl (C=O) groups is 1. The van der Waals surface area contributed by atoms with E-state index < -0.39 is 10.8 Å². The van der Waals surface area contributed by atoms with Crippen LogP contribution in [0.3, 0.4) is 0 Å². The van der Waals surface area contributed by atoms with Crippen LogP contribution in [0.15, 0.2) is 54.6 Å². The van der Waals surface area contributed by atoms with Gasteiger partial charge in [0.2, 0.25) is 0 Å². The van der Waals surface area contributed by atoms with Crippen LogP contribution in [-0.2, 0) is 16.6 Å². The summed E-state index contributed by atoms with van der Waals surface area (Å²) in [4.78, 5) is 11.9. The highest BCUT2D eigenvalue weighted by Crippen LogP contribution is 2.09. The number of benzene rings is 2. The molecule has 0 heterocycles. The molecular formula is C17H17FO2S. The molecule has 21 heavy (non-hydrogen) atoms. The standard InChI is InChI=1S/C17H17FO2S/c18-16-10-8-15(9-11-16)17(19)7-4-12-21(20)13-14-5-2-1-3-6-14/h1-3,5-6,8-11H,4,7,12-13H2. The first-order valence-electron chi connectivity index (χ1n) is 6.83. The van der Waals surface area contributed by atoms with Gasteiger partial charge in [-0.2, -0.15) is 0 Å². The minimum atomic E-state index is -0.960. The molecule has 0 aliphatic rings. The van der Waals surface area contributed by atoms with Gasteiger partial charge < -0.3 is 0 Å². The summed E-state index contributed by atoms with van der Waals surface area (Å²) in [5, 5.41) is 0. The van der Waals surface area contributed by atoms with Gasteiger partial charge in [0, 0.05) is 34.3 Å². The first kappa shape index (κ1) is 15.6. The molecule has 0 bridgehead atoms.